The van der Waals surface area contributed by atoms with E-state index in [4.69, 9.17) is 25.1 Å². The number of hydrogen-bond acceptors (Lipinski definition) is 17. The molecule has 10 aliphatic heterocycles. The topological polar surface area (TPSA) is 367 Å². The number of carbonyl (C=O) groups is 10. The van der Waals surface area contributed by atoms with Crippen LogP contribution in [0.5, 0.6) is 0 Å². The van der Waals surface area contributed by atoms with Gasteiger partial charge in [0.05, 0.1) is 53.7 Å². The van der Waals surface area contributed by atoms with E-state index in [1.807, 2.05) is 19.9 Å². The predicted molar refractivity (Wildman–Crippen MR) is 481 cm³/mol. The van der Waals surface area contributed by atoms with E-state index in [0.29, 0.717) is 136 Å². The van der Waals surface area contributed by atoms with Crippen LogP contribution in [0.15, 0.2) is 175 Å². The van der Waals surface area contributed by atoms with Crippen LogP contribution in [-0.2, 0) is 82.6 Å². The highest BCUT2D eigenvalue weighted by Gasteiger charge is 2.50. The summed E-state index contributed by atoms with van der Waals surface area (Å²) in [5.41, 5.74) is -10.8. The van der Waals surface area contributed by atoms with E-state index < -0.39 is 109 Å². The molecule has 0 unspecified atom stereocenters. The molecule has 742 valence electrons. The summed E-state index contributed by atoms with van der Waals surface area (Å²) in [6.45, 7) is 47.9. The number of nitrogens with zero attached hydrogens (tertiary/aromatic N) is 5. The average Bonchev–Trinajstić information content (AvgIpc) is 1.61. The Morgan fingerprint density at radius 2 is 0.684 bits per heavy atom. The fourth-order valence-corrected chi connectivity index (χ4v) is 16.0. The van der Waals surface area contributed by atoms with Crippen LogP contribution in [0.4, 0.5) is 43.9 Å². The largest absolute Gasteiger partial charge is 0.416 e. The second-order valence-electron chi connectivity index (χ2n) is 34.9. The number of morpholine rings is 2. The van der Waals surface area contributed by atoms with Gasteiger partial charge in [-0.3, -0.25) is 74.0 Å². The number of rotatable bonds is 24. The summed E-state index contributed by atoms with van der Waals surface area (Å²) in [4.78, 5) is 114. The molecule has 2 aromatic rings. The summed E-state index contributed by atoms with van der Waals surface area (Å²) in [5, 5.41) is 62.2. The summed E-state index contributed by atoms with van der Waals surface area (Å²) in [6.07, 6.45) is 20.4. The van der Waals surface area contributed by atoms with Crippen LogP contribution in [0, 0.1) is 21.7 Å². The zero-order chi connectivity index (χ0) is 101. The number of halogens is 10. The molecule has 0 aliphatic carbocycles. The van der Waals surface area contributed by atoms with Gasteiger partial charge in [-0.15, -0.1) is 65.8 Å². The summed E-state index contributed by atoms with van der Waals surface area (Å²) < 4.78 is 139. The van der Waals surface area contributed by atoms with E-state index >= 15 is 0 Å². The second kappa shape index (κ2) is 53.6. The van der Waals surface area contributed by atoms with Crippen LogP contribution < -0.4 is 26.6 Å². The molecule has 10 saturated heterocycles. The van der Waals surface area contributed by atoms with Crippen molar-refractivity contribution in [3.63, 3.8) is 0 Å². The number of allylic oxidation sites excluding steroid dienone is 8. The SMILES string of the molecule is C=CC[C@]1(C)CCCCN(O)C1=O.C=CC[C@]1(C)CCCCNC1=O.C=CC[C@]1(C)OCCN(O)C1=O.C=CC[C@]1(C)OCCNC1=O.C=CC[C@]1(Cc2ccc(C(F)(F)F)cc2)CCN(O)C1=O.C=CC[C@]1(Cc2ccc(C(F)(F)F)cc2)CCNC1=O.C=CC[C@]1(F)CCCN(O)C1=O.C=CC[C@]1(F)CCCNC1=O.C=CC[C@]1(F)CCN(O)C1=O.C=CC[C@]1(F)CCNC1=O. The maximum atomic E-state index is 13.6. The Morgan fingerprint density at radius 1 is 0.316 bits per heavy atom. The van der Waals surface area contributed by atoms with Crippen molar-refractivity contribution in [2.75, 3.05) is 78.7 Å². The van der Waals surface area contributed by atoms with Crippen molar-refractivity contribution in [1.82, 2.24) is 51.9 Å². The normalized spacial score (nSPS) is 28.3. The third-order valence-electron chi connectivity index (χ3n) is 24.0. The van der Waals surface area contributed by atoms with Crippen molar-refractivity contribution in [2.24, 2.45) is 21.7 Å². The molecule has 2 aromatic carbocycles. The van der Waals surface area contributed by atoms with Crippen LogP contribution in [-0.4, -0.2) is 223 Å². The zero-order valence-corrected chi connectivity index (χ0v) is 77.0. The van der Waals surface area contributed by atoms with Crippen LogP contribution in [0.2, 0.25) is 0 Å². The summed E-state index contributed by atoms with van der Waals surface area (Å²) >= 11 is 0. The monoisotopic (exact) mass is 1890 g/mol. The third-order valence-corrected chi connectivity index (χ3v) is 24.0. The second-order valence-corrected chi connectivity index (χ2v) is 34.9. The quantitative estimate of drug-likeness (QED) is 0.0265. The van der Waals surface area contributed by atoms with Gasteiger partial charge in [-0.25, -0.2) is 42.9 Å². The van der Waals surface area contributed by atoms with Crippen LogP contribution >= 0.6 is 0 Å². The van der Waals surface area contributed by atoms with Crippen molar-refractivity contribution < 1.29 is 127 Å². The molecule has 12 rings (SSSR count). The predicted octanol–water partition coefficient (Wildman–Crippen LogP) is 15.8. The molecule has 27 nitrogen and oxygen atoms in total. The minimum atomic E-state index is -4.37. The minimum Gasteiger partial charge on any atom is -0.363 e. The van der Waals surface area contributed by atoms with E-state index in [-0.39, 0.29) is 107 Å². The number of benzene rings is 2. The van der Waals surface area contributed by atoms with Gasteiger partial charge in [0.1, 0.15) is 11.2 Å². The number of ether oxygens (including phenoxy) is 2. The lowest BCUT2D eigenvalue weighted by atomic mass is 9.77. The highest BCUT2D eigenvalue weighted by atomic mass is 19.4. The molecule has 10 fully saturated rings. The van der Waals surface area contributed by atoms with E-state index in [0.717, 1.165) is 92.8 Å². The molecule has 10 aliphatic rings. The van der Waals surface area contributed by atoms with Gasteiger partial charge in [0, 0.05) is 109 Å². The lowest BCUT2D eigenvalue weighted by Gasteiger charge is -2.35. The average molecular weight is 1890 g/mol. The maximum Gasteiger partial charge on any atom is 0.416 e. The lowest BCUT2D eigenvalue weighted by Crippen LogP contribution is -2.53. The number of piperidine rings is 2. The van der Waals surface area contributed by atoms with E-state index in [1.54, 1.807) is 44.2 Å². The Labute approximate surface area is 773 Å². The molecular formula is C96H136F10N10O17. The first kappa shape index (κ1) is 117. The first-order chi connectivity index (χ1) is 62.3. The standard InChI is InChI=1S/C15H16F3NO2.C15H16F3NO.C10H17NO2.C10H17NO.C8H12FNO2.C8H12FNO.C8H13NO3.C8H13NO2.C7H10FNO2.C7H10FNO/c1-2-7-14(8-9-19(21)13(14)20)10-11-3-5-12(6-4-11)15(16,17)18;1-2-7-14(8-9-19-13(14)20)10-11-3-5-12(6-4-11)15(16,17)18;1-3-6-10(2)7-4-5-8-11(13)9(10)12;1-3-6-10(2)7-4-5-8-11-9(10)12;1-2-4-8(9)5-3-6-10(12)7(8)11;1-2-4-8(9)5-3-6-10-7(8)11;1-3-4-8(2)7(10)9(11)5-6-12-8;1-3-4-8(2)7(10)9-5-6-11-8;1-2-3-7(8)4-5-9(11)6(7)10;1-2-3-7(8)4-5-9-6(7)10/h2-6,21H,1,7-10H2;2-6H,1,7-10H2,(H,19,20);3,13H,1,4-8H2,2H3;3H,1,4-8H2,2H3,(H,11,12);2,12H,1,3-6H2;2H,1,3-6H2,(H,10,11);3,11H,1,4-6H2,2H3;3H,1,4-6H2,2H3,(H,9,10);2,11H,1,3-5H2;2H,1,3-5H2,(H,9,10)/t2*14-;2*10-;4*8-;2*7-/m1111000000/s1. The Balaban J connectivity index is 0.000000385. The van der Waals surface area contributed by atoms with E-state index in [1.165, 1.54) is 48.6 Å². The first-order valence-electron chi connectivity index (χ1n) is 44.2. The van der Waals surface area contributed by atoms with Gasteiger partial charge >= 0.3 is 12.4 Å². The Kier molecular flexibility index (Phi) is 47.0. The fourth-order valence-electron chi connectivity index (χ4n) is 16.0. The van der Waals surface area contributed by atoms with Gasteiger partial charge in [-0.05, 0) is 152 Å². The van der Waals surface area contributed by atoms with E-state index in [9.17, 15) is 102 Å². The Bertz CT molecular complexity index is 4180. The first-order valence-corrected chi connectivity index (χ1v) is 44.2. The summed E-state index contributed by atoms with van der Waals surface area (Å²) in [7, 11) is 0. The molecule has 0 aromatic heterocycles. The molecule has 10 amide bonds. The van der Waals surface area contributed by atoms with Gasteiger partial charge in [0.2, 0.25) is 11.8 Å². The Hall–Kier alpha value is -10.4. The Morgan fingerprint density at radius 3 is 1.15 bits per heavy atom. The van der Waals surface area contributed by atoms with Crippen molar-refractivity contribution in [3.05, 3.63) is 197 Å². The number of amides is 10. The lowest BCUT2D eigenvalue weighted by molar-refractivity contribution is -0.211. The minimum absolute atomic E-state index is 0.0249. The molecule has 0 radical (unpaired) electrons. The van der Waals surface area contributed by atoms with Crippen molar-refractivity contribution in [1.29, 1.82) is 0 Å². The molecule has 0 spiro atoms. The molecule has 0 saturated carbocycles. The molecule has 0 bridgehead atoms. The van der Waals surface area contributed by atoms with Gasteiger partial charge in [-0.1, -0.05) is 112 Å². The van der Waals surface area contributed by atoms with Crippen molar-refractivity contribution in [2.45, 2.75) is 241 Å². The highest BCUT2D eigenvalue weighted by molar-refractivity contribution is 5.90. The van der Waals surface area contributed by atoms with Crippen LogP contribution in [0.1, 0.15) is 204 Å². The summed E-state index contributed by atoms with van der Waals surface area (Å²) in [6, 6.07) is 9.77. The van der Waals surface area contributed by atoms with Gasteiger partial charge in [0.25, 0.3) is 47.3 Å². The molecule has 10 heterocycles. The molecule has 10 atom stereocenters. The van der Waals surface area contributed by atoms with Crippen LogP contribution in [0.25, 0.3) is 0 Å². The zero-order valence-electron chi connectivity index (χ0n) is 77.0. The highest BCUT2D eigenvalue weighted by Crippen LogP contribution is 2.42. The molecule has 10 N–H and O–H groups in total. The van der Waals surface area contributed by atoms with Gasteiger partial charge in [-0.2, -0.15) is 26.3 Å². The number of carbonyl (C=O) groups excluding carboxylic acids is 10. The van der Waals surface area contributed by atoms with Crippen LogP contribution in [0.3, 0.4) is 0 Å². The summed E-state index contributed by atoms with van der Waals surface area (Å²) in [5.74, 6) is -3.51. The number of hydroxylamine groups is 10. The van der Waals surface area contributed by atoms with Crippen molar-refractivity contribution in [3.8, 4) is 0 Å². The van der Waals surface area contributed by atoms with E-state index in [2.05, 4.69) is 92.4 Å². The number of alkyl halides is 10. The molecule has 37 heteroatoms. The smallest absolute Gasteiger partial charge is 0.363 e. The van der Waals surface area contributed by atoms with Gasteiger partial charge < -0.3 is 36.1 Å². The molecular weight excluding hydrogens is 1760 g/mol. The van der Waals surface area contributed by atoms with Gasteiger partial charge in [0.15, 0.2) is 22.7 Å². The molecule has 133 heavy (non-hydrogen) atoms. The number of nitrogens with one attached hydrogen (secondary N) is 5. The fraction of sp³-hybridized carbons (Fsp3) is 0.562. The third kappa shape index (κ3) is 34.5. The van der Waals surface area contributed by atoms with Crippen molar-refractivity contribution >= 4 is 59.1 Å². The maximum absolute atomic E-state index is 13.6. The number of hydrogen-bond donors (Lipinski definition) is 10.